The first-order valence-corrected chi connectivity index (χ1v) is 11.8. The molecule has 4 aliphatic rings. The number of hydrogen-bond donors (Lipinski definition) is 2. The van der Waals surface area contributed by atoms with Crippen molar-refractivity contribution in [1.82, 2.24) is 5.32 Å². The molecule has 4 fully saturated rings. The maximum Gasteiger partial charge on any atom is 0.328 e. The molecule has 2 aromatic rings. The van der Waals surface area contributed by atoms with Crippen LogP contribution in [0.2, 0.25) is 0 Å². The van der Waals surface area contributed by atoms with E-state index in [4.69, 9.17) is 4.74 Å². The van der Waals surface area contributed by atoms with Gasteiger partial charge in [-0.05, 0) is 92.7 Å². The SMILES string of the molecule is COC(=O)C(NC(=O)c1ccc(N=Cc2ccccc2O)cc1)C12CC3CC(CC(C3)C1)C2. The van der Waals surface area contributed by atoms with Gasteiger partial charge in [0.05, 0.1) is 12.8 Å². The van der Waals surface area contributed by atoms with E-state index in [0.29, 0.717) is 34.6 Å². The zero-order chi connectivity index (χ0) is 23.0. The highest BCUT2D eigenvalue weighted by atomic mass is 16.5. The highest BCUT2D eigenvalue weighted by molar-refractivity contribution is 5.97. The molecule has 4 saturated carbocycles. The molecule has 6 nitrogen and oxygen atoms in total. The lowest BCUT2D eigenvalue weighted by molar-refractivity contribution is -0.154. The van der Waals surface area contributed by atoms with Crippen LogP contribution < -0.4 is 5.32 Å². The number of amides is 1. The molecular formula is C27H30N2O4. The van der Waals surface area contributed by atoms with Gasteiger partial charge in [0.1, 0.15) is 11.8 Å². The molecule has 1 amide bonds. The number of carbonyl (C=O) groups is 2. The minimum atomic E-state index is -0.609. The number of hydrogen-bond acceptors (Lipinski definition) is 5. The topological polar surface area (TPSA) is 88.0 Å². The van der Waals surface area contributed by atoms with Gasteiger partial charge in [0.15, 0.2) is 0 Å². The Morgan fingerprint density at radius 3 is 2.21 bits per heavy atom. The van der Waals surface area contributed by atoms with E-state index in [-0.39, 0.29) is 23.0 Å². The summed E-state index contributed by atoms with van der Waals surface area (Å²) in [5.41, 5.74) is 1.59. The zero-order valence-electron chi connectivity index (χ0n) is 18.9. The first-order valence-electron chi connectivity index (χ1n) is 11.8. The number of phenols is 1. The molecule has 6 rings (SSSR count). The monoisotopic (exact) mass is 446 g/mol. The molecule has 2 aromatic carbocycles. The number of carbonyl (C=O) groups excluding carboxylic acids is 2. The summed E-state index contributed by atoms with van der Waals surface area (Å²) in [5.74, 6) is 1.56. The lowest BCUT2D eigenvalue weighted by Crippen LogP contribution is -2.60. The fourth-order valence-corrected chi connectivity index (χ4v) is 6.77. The van der Waals surface area contributed by atoms with Crippen molar-refractivity contribution >= 4 is 23.8 Å². The molecule has 0 saturated heterocycles. The zero-order valence-corrected chi connectivity index (χ0v) is 18.9. The molecular weight excluding hydrogens is 416 g/mol. The number of phenolic OH excluding ortho intramolecular Hbond substituents is 1. The van der Waals surface area contributed by atoms with Crippen LogP contribution >= 0.6 is 0 Å². The number of ether oxygens (including phenoxy) is 1. The van der Waals surface area contributed by atoms with E-state index in [0.717, 1.165) is 19.3 Å². The molecule has 2 N–H and O–H groups in total. The first kappa shape index (κ1) is 21.7. The van der Waals surface area contributed by atoms with Crippen molar-refractivity contribution in [2.45, 2.75) is 44.6 Å². The second-order valence-corrected chi connectivity index (χ2v) is 10.1. The number of nitrogens with one attached hydrogen (secondary N) is 1. The summed E-state index contributed by atoms with van der Waals surface area (Å²) in [4.78, 5) is 30.3. The number of benzene rings is 2. The highest BCUT2D eigenvalue weighted by Gasteiger charge is 2.56. The van der Waals surface area contributed by atoms with Crippen molar-refractivity contribution in [3.05, 3.63) is 59.7 Å². The Hall–Kier alpha value is -3.15. The van der Waals surface area contributed by atoms with Crippen LogP contribution in [0.15, 0.2) is 53.5 Å². The van der Waals surface area contributed by atoms with Gasteiger partial charge >= 0.3 is 5.97 Å². The predicted molar refractivity (Wildman–Crippen MR) is 126 cm³/mol. The summed E-state index contributed by atoms with van der Waals surface area (Å²) < 4.78 is 5.15. The van der Waals surface area contributed by atoms with E-state index in [1.807, 2.05) is 6.07 Å². The second kappa shape index (κ2) is 8.65. The van der Waals surface area contributed by atoms with Crippen LogP contribution in [0, 0.1) is 23.2 Å². The molecule has 0 spiro atoms. The van der Waals surface area contributed by atoms with Gasteiger partial charge in [-0.25, -0.2) is 4.79 Å². The molecule has 1 atom stereocenters. The average Bonchev–Trinajstić information content (AvgIpc) is 2.81. The minimum absolute atomic E-state index is 0.163. The molecule has 33 heavy (non-hydrogen) atoms. The normalized spacial score (nSPS) is 28.6. The highest BCUT2D eigenvalue weighted by Crippen LogP contribution is 2.61. The molecule has 4 bridgehead atoms. The maximum absolute atomic E-state index is 13.1. The Kier molecular flexibility index (Phi) is 5.69. The number of aromatic hydroxyl groups is 1. The van der Waals surface area contributed by atoms with E-state index in [2.05, 4.69) is 10.3 Å². The summed E-state index contributed by atoms with van der Waals surface area (Å²) in [6.07, 6.45) is 8.39. The van der Waals surface area contributed by atoms with Gasteiger partial charge in [-0.15, -0.1) is 0 Å². The second-order valence-electron chi connectivity index (χ2n) is 10.1. The smallest absolute Gasteiger partial charge is 0.328 e. The van der Waals surface area contributed by atoms with E-state index < -0.39 is 6.04 Å². The van der Waals surface area contributed by atoms with Crippen LogP contribution in [0.3, 0.4) is 0 Å². The molecule has 1 unspecified atom stereocenters. The third-order valence-corrected chi connectivity index (χ3v) is 7.83. The molecule has 0 aromatic heterocycles. The number of esters is 1. The number of rotatable bonds is 6. The van der Waals surface area contributed by atoms with Gasteiger partial charge in [0.2, 0.25) is 0 Å². The number of aliphatic imine (C=N–C) groups is 1. The predicted octanol–water partition coefficient (Wildman–Crippen LogP) is 4.63. The Labute approximate surface area is 194 Å². The van der Waals surface area contributed by atoms with Crippen LogP contribution in [0.25, 0.3) is 0 Å². The fourth-order valence-electron chi connectivity index (χ4n) is 6.77. The van der Waals surface area contributed by atoms with Crippen LogP contribution in [0.4, 0.5) is 5.69 Å². The van der Waals surface area contributed by atoms with Crippen molar-refractivity contribution < 1.29 is 19.4 Å². The largest absolute Gasteiger partial charge is 0.507 e. The lowest BCUT2D eigenvalue weighted by atomic mass is 9.47. The van der Waals surface area contributed by atoms with Gasteiger partial charge in [-0.1, -0.05) is 12.1 Å². The minimum Gasteiger partial charge on any atom is -0.507 e. The molecule has 0 aliphatic heterocycles. The Bertz CT molecular complexity index is 1040. The van der Waals surface area contributed by atoms with Crippen LogP contribution in [-0.4, -0.2) is 36.3 Å². The first-order chi connectivity index (χ1) is 16.0. The van der Waals surface area contributed by atoms with E-state index in [1.165, 1.54) is 26.4 Å². The molecule has 6 heteroatoms. The third kappa shape index (κ3) is 4.26. The maximum atomic E-state index is 13.1. The summed E-state index contributed by atoms with van der Waals surface area (Å²) in [5, 5.41) is 12.9. The van der Waals surface area contributed by atoms with Crippen molar-refractivity contribution in [3.63, 3.8) is 0 Å². The van der Waals surface area contributed by atoms with Gasteiger partial charge in [0, 0.05) is 22.8 Å². The quantitative estimate of drug-likeness (QED) is 0.500. The van der Waals surface area contributed by atoms with Crippen LogP contribution in [0.1, 0.15) is 54.4 Å². The van der Waals surface area contributed by atoms with Gasteiger partial charge in [-0.3, -0.25) is 9.79 Å². The number of para-hydroxylation sites is 1. The summed E-state index contributed by atoms with van der Waals surface area (Å²) in [6, 6.07) is 13.3. The summed E-state index contributed by atoms with van der Waals surface area (Å²) in [7, 11) is 1.40. The van der Waals surface area contributed by atoms with Gasteiger partial charge < -0.3 is 15.2 Å². The fraction of sp³-hybridized carbons (Fsp3) is 0.444. The average molecular weight is 447 g/mol. The standard InChI is InChI=1S/C27H30N2O4/c1-33-26(32)24(27-13-17-10-18(14-27)12-19(11-17)15-27)29-25(31)20-6-8-22(9-7-20)28-16-21-4-2-3-5-23(21)30/h2-9,16-19,24,30H,10-15H2,1H3,(H,29,31). The molecule has 4 aliphatic carbocycles. The van der Waals surface area contributed by atoms with Crippen LogP contribution in [-0.2, 0) is 9.53 Å². The summed E-state index contributed by atoms with van der Waals surface area (Å²) in [6.45, 7) is 0. The lowest BCUT2D eigenvalue weighted by Gasteiger charge is -2.58. The number of methoxy groups -OCH3 is 1. The number of nitrogens with zero attached hydrogens (tertiary/aromatic N) is 1. The van der Waals surface area contributed by atoms with Crippen molar-refractivity contribution in [2.75, 3.05) is 7.11 Å². The Morgan fingerprint density at radius 1 is 1.03 bits per heavy atom. The van der Waals surface area contributed by atoms with Crippen molar-refractivity contribution in [2.24, 2.45) is 28.2 Å². The summed E-state index contributed by atoms with van der Waals surface area (Å²) >= 11 is 0. The van der Waals surface area contributed by atoms with Crippen molar-refractivity contribution in [3.8, 4) is 5.75 Å². The van der Waals surface area contributed by atoms with E-state index >= 15 is 0 Å². The van der Waals surface area contributed by atoms with Gasteiger partial charge in [0.25, 0.3) is 5.91 Å². The Balaban J connectivity index is 1.31. The molecule has 0 heterocycles. The Morgan fingerprint density at radius 2 is 1.64 bits per heavy atom. The van der Waals surface area contributed by atoms with E-state index in [1.54, 1.807) is 48.7 Å². The van der Waals surface area contributed by atoms with Crippen LogP contribution in [0.5, 0.6) is 5.75 Å². The van der Waals surface area contributed by atoms with E-state index in [9.17, 15) is 14.7 Å². The van der Waals surface area contributed by atoms with Crippen molar-refractivity contribution in [1.29, 1.82) is 0 Å². The molecule has 172 valence electrons. The molecule has 0 radical (unpaired) electrons. The van der Waals surface area contributed by atoms with Gasteiger partial charge in [-0.2, -0.15) is 0 Å². The third-order valence-electron chi connectivity index (χ3n) is 7.83.